The van der Waals surface area contributed by atoms with Crippen LogP contribution < -0.4 is 4.90 Å². The molecule has 1 aliphatic heterocycles. The van der Waals surface area contributed by atoms with Gasteiger partial charge < -0.3 is 15.1 Å². The Bertz CT molecular complexity index is 878. The number of phenols is 1. The van der Waals surface area contributed by atoms with Crippen molar-refractivity contribution in [3.05, 3.63) is 46.8 Å². The maximum absolute atomic E-state index is 12.8. The molecule has 7 nitrogen and oxygen atoms in total. The van der Waals surface area contributed by atoms with Crippen molar-refractivity contribution in [3.63, 3.8) is 0 Å². The standard InChI is InChI=1S/C21H26N4O3/c1-14-20-17(12-15(13-19(20)28)16-4-2-3-5-18(16)27)23-21(22-14)25-8-6-24(7-9-25)10-11-26/h2-5,15,26-27H,6-13H2,1H3/t15-/m1/s1. The van der Waals surface area contributed by atoms with Gasteiger partial charge in [0.25, 0.3) is 0 Å². The molecule has 1 atom stereocenters. The number of anilines is 1. The fraction of sp³-hybridized carbons (Fsp3) is 0.476. The highest BCUT2D eigenvalue weighted by Gasteiger charge is 2.32. The number of hydrogen-bond acceptors (Lipinski definition) is 7. The Morgan fingerprint density at radius 2 is 1.86 bits per heavy atom. The maximum Gasteiger partial charge on any atom is 0.225 e. The minimum Gasteiger partial charge on any atom is -0.508 e. The van der Waals surface area contributed by atoms with E-state index in [1.165, 1.54) is 0 Å². The molecular formula is C21H26N4O3. The van der Waals surface area contributed by atoms with E-state index in [0.717, 1.165) is 43.1 Å². The van der Waals surface area contributed by atoms with E-state index in [1.807, 2.05) is 19.1 Å². The molecule has 1 aromatic carbocycles. The summed E-state index contributed by atoms with van der Waals surface area (Å²) in [6.45, 7) is 6.06. The van der Waals surface area contributed by atoms with Crippen LogP contribution in [-0.4, -0.2) is 70.2 Å². The normalized spacial score (nSPS) is 20.3. The molecule has 2 aliphatic rings. The first-order chi connectivity index (χ1) is 13.6. The van der Waals surface area contributed by atoms with Crippen LogP contribution in [0.15, 0.2) is 24.3 Å². The molecule has 2 N–H and O–H groups in total. The second kappa shape index (κ2) is 7.85. The van der Waals surface area contributed by atoms with Gasteiger partial charge in [-0.1, -0.05) is 18.2 Å². The average molecular weight is 382 g/mol. The zero-order valence-corrected chi connectivity index (χ0v) is 16.1. The number of aromatic hydroxyl groups is 1. The number of piperazine rings is 1. The first-order valence-electron chi connectivity index (χ1n) is 9.83. The smallest absolute Gasteiger partial charge is 0.225 e. The van der Waals surface area contributed by atoms with Gasteiger partial charge in [-0.3, -0.25) is 9.69 Å². The summed E-state index contributed by atoms with van der Waals surface area (Å²) in [7, 11) is 0. The molecule has 2 heterocycles. The van der Waals surface area contributed by atoms with Crippen LogP contribution in [0.25, 0.3) is 0 Å². The lowest BCUT2D eigenvalue weighted by Crippen LogP contribution is -2.48. The summed E-state index contributed by atoms with van der Waals surface area (Å²) in [5, 5.41) is 19.3. The summed E-state index contributed by atoms with van der Waals surface area (Å²) >= 11 is 0. The van der Waals surface area contributed by atoms with Gasteiger partial charge >= 0.3 is 0 Å². The van der Waals surface area contributed by atoms with E-state index in [9.17, 15) is 9.90 Å². The van der Waals surface area contributed by atoms with Gasteiger partial charge in [-0.05, 0) is 25.0 Å². The Morgan fingerprint density at radius 1 is 1.11 bits per heavy atom. The van der Waals surface area contributed by atoms with Crippen molar-refractivity contribution >= 4 is 11.7 Å². The summed E-state index contributed by atoms with van der Waals surface area (Å²) in [6.07, 6.45) is 0.993. The van der Waals surface area contributed by atoms with E-state index < -0.39 is 0 Å². The van der Waals surface area contributed by atoms with Gasteiger partial charge in [-0.2, -0.15) is 0 Å². The molecule has 0 unspecified atom stereocenters. The van der Waals surface area contributed by atoms with Crippen molar-refractivity contribution in [1.29, 1.82) is 0 Å². The maximum atomic E-state index is 12.8. The number of aliphatic hydroxyl groups excluding tert-OH is 1. The highest BCUT2D eigenvalue weighted by molar-refractivity contribution is 5.99. The molecule has 1 saturated heterocycles. The van der Waals surface area contributed by atoms with Crippen LogP contribution in [0.4, 0.5) is 5.95 Å². The van der Waals surface area contributed by atoms with Gasteiger partial charge in [0.1, 0.15) is 5.75 Å². The molecule has 0 radical (unpaired) electrons. The number of ketones is 1. The molecule has 1 aromatic heterocycles. The lowest BCUT2D eigenvalue weighted by molar-refractivity contribution is 0.0961. The van der Waals surface area contributed by atoms with Crippen molar-refractivity contribution in [2.75, 3.05) is 44.2 Å². The van der Waals surface area contributed by atoms with Crippen LogP contribution in [0.2, 0.25) is 0 Å². The largest absolute Gasteiger partial charge is 0.508 e. The monoisotopic (exact) mass is 382 g/mol. The quantitative estimate of drug-likeness (QED) is 0.829. The summed E-state index contributed by atoms with van der Waals surface area (Å²) in [6, 6.07) is 7.22. The third-order valence-electron chi connectivity index (χ3n) is 5.75. The minimum atomic E-state index is -0.0650. The fourth-order valence-corrected chi connectivity index (χ4v) is 4.27. The van der Waals surface area contributed by atoms with E-state index in [2.05, 4.69) is 14.8 Å². The van der Waals surface area contributed by atoms with Gasteiger partial charge in [0.05, 0.1) is 23.6 Å². The van der Waals surface area contributed by atoms with E-state index in [0.29, 0.717) is 30.9 Å². The van der Waals surface area contributed by atoms with E-state index in [-0.39, 0.29) is 24.1 Å². The van der Waals surface area contributed by atoms with Crippen LogP contribution in [0.3, 0.4) is 0 Å². The number of benzene rings is 1. The average Bonchev–Trinajstić information content (AvgIpc) is 2.68. The first kappa shape index (κ1) is 18.8. The number of aryl methyl sites for hydroxylation is 1. The molecule has 0 spiro atoms. The van der Waals surface area contributed by atoms with Gasteiger partial charge in [0.2, 0.25) is 5.95 Å². The molecule has 0 saturated carbocycles. The van der Waals surface area contributed by atoms with Crippen LogP contribution in [0.5, 0.6) is 5.75 Å². The first-order valence-corrected chi connectivity index (χ1v) is 9.83. The van der Waals surface area contributed by atoms with Crippen LogP contribution in [0.1, 0.15) is 39.6 Å². The SMILES string of the molecule is Cc1nc(N2CCN(CCO)CC2)nc2c1C(=O)C[C@H](c1ccccc1O)C2. The number of β-amino-alcohol motifs (C(OH)–C–C–N with tert-alkyl or cyclic N) is 1. The number of hydrogen-bond donors (Lipinski definition) is 2. The Morgan fingerprint density at radius 3 is 2.57 bits per heavy atom. The third kappa shape index (κ3) is 3.59. The molecular weight excluding hydrogens is 356 g/mol. The van der Waals surface area contributed by atoms with Gasteiger partial charge in [-0.15, -0.1) is 0 Å². The van der Waals surface area contributed by atoms with Gasteiger partial charge in [0.15, 0.2) is 5.78 Å². The highest BCUT2D eigenvalue weighted by Crippen LogP contribution is 2.37. The number of Topliss-reactive ketones (excluding diaryl/α,β-unsaturated/α-hetero) is 1. The summed E-state index contributed by atoms with van der Waals surface area (Å²) in [5.74, 6) is 0.886. The van der Waals surface area contributed by atoms with E-state index >= 15 is 0 Å². The van der Waals surface area contributed by atoms with Crippen molar-refractivity contribution in [3.8, 4) is 5.75 Å². The van der Waals surface area contributed by atoms with Crippen LogP contribution in [0, 0.1) is 6.92 Å². The molecule has 4 rings (SSSR count). The molecule has 7 heteroatoms. The number of phenolic OH excluding ortho intramolecular Hbond substituents is 1. The number of carbonyl (C=O) groups excluding carboxylic acids is 1. The zero-order chi connectivity index (χ0) is 19.7. The molecule has 1 fully saturated rings. The molecule has 28 heavy (non-hydrogen) atoms. The Balaban J connectivity index is 1.60. The predicted molar refractivity (Wildman–Crippen MR) is 106 cm³/mol. The second-order valence-electron chi connectivity index (χ2n) is 7.57. The number of aliphatic hydroxyl groups is 1. The molecule has 148 valence electrons. The molecule has 0 bridgehead atoms. The topological polar surface area (TPSA) is 89.8 Å². The summed E-state index contributed by atoms with van der Waals surface area (Å²) in [4.78, 5) is 26.6. The van der Waals surface area contributed by atoms with Crippen LogP contribution >= 0.6 is 0 Å². The number of nitrogens with zero attached hydrogens (tertiary/aromatic N) is 4. The lowest BCUT2D eigenvalue weighted by atomic mass is 9.81. The predicted octanol–water partition coefficient (Wildman–Crippen LogP) is 1.52. The number of para-hydroxylation sites is 1. The van der Waals surface area contributed by atoms with E-state index in [1.54, 1.807) is 12.1 Å². The van der Waals surface area contributed by atoms with Crippen molar-refractivity contribution in [2.45, 2.75) is 25.7 Å². The summed E-state index contributed by atoms with van der Waals surface area (Å²) in [5.41, 5.74) is 2.97. The third-order valence-corrected chi connectivity index (χ3v) is 5.75. The summed E-state index contributed by atoms with van der Waals surface area (Å²) < 4.78 is 0. The van der Waals surface area contributed by atoms with E-state index in [4.69, 9.17) is 10.1 Å². The Hall–Kier alpha value is -2.51. The van der Waals surface area contributed by atoms with Crippen LogP contribution in [-0.2, 0) is 6.42 Å². The Kier molecular flexibility index (Phi) is 5.28. The van der Waals surface area contributed by atoms with Gasteiger partial charge in [-0.25, -0.2) is 9.97 Å². The molecule has 1 aliphatic carbocycles. The number of carbonyl (C=O) groups is 1. The van der Waals surface area contributed by atoms with Crippen molar-refractivity contribution in [2.24, 2.45) is 0 Å². The highest BCUT2D eigenvalue weighted by atomic mass is 16.3. The Labute approximate surface area is 164 Å². The number of fused-ring (bicyclic) bond motifs is 1. The minimum absolute atomic E-state index is 0.0475. The lowest BCUT2D eigenvalue weighted by Gasteiger charge is -2.35. The molecule has 0 amide bonds. The number of aromatic nitrogens is 2. The zero-order valence-electron chi connectivity index (χ0n) is 16.1. The number of rotatable bonds is 4. The fourth-order valence-electron chi connectivity index (χ4n) is 4.27. The van der Waals surface area contributed by atoms with Crippen molar-refractivity contribution < 1.29 is 15.0 Å². The molecule has 2 aromatic rings. The van der Waals surface area contributed by atoms with Gasteiger partial charge in [0, 0.05) is 45.1 Å². The second-order valence-corrected chi connectivity index (χ2v) is 7.57. The van der Waals surface area contributed by atoms with Crippen molar-refractivity contribution in [1.82, 2.24) is 14.9 Å².